The summed E-state index contributed by atoms with van der Waals surface area (Å²) in [5.74, 6) is 12.7. The van der Waals surface area contributed by atoms with Crippen LogP contribution in [0, 0.1) is 30.6 Å². The molecule has 0 heterocycles. The van der Waals surface area contributed by atoms with Gasteiger partial charge in [0.1, 0.15) is 7.85 Å². The van der Waals surface area contributed by atoms with E-state index in [1.165, 1.54) is 0 Å². The van der Waals surface area contributed by atoms with Crippen LogP contribution in [-0.4, -0.2) is 7.85 Å². The molecule has 3 aromatic rings. The molecule has 0 aliphatic carbocycles. The molecule has 0 bridgehead atoms. The highest BCUT2D eigenvalue weighted by Crippen LogP contribution is 2.10. The van der Waals surface area contributed by atoms with Gasteiger partial charge in [0.25, 0.3) is 0 Å². The Morgan fingerprint density at radius 2 is 1.21 bits per heavy atom. The van der Waals surface area contributed by atoms with Crippen molar-refractivity contribution in [2.24, 2.45) is 0 Å². The Hall–Kier alpha value is -3.16. The van der Waals surface area contributed by atoms with E-state index in [4.69, 9.17) is 7.85 Å². The molecule has 0 nitrogen and oxygen atoms in total. The van der Waals surface area contributed by atoms with Crippen LogP contribution in [0.3, 0.4) is 0 Å². The highest BCUT2D eigenvalue weighted by molar-refractivity contribution is 6.32. The molecule has 1 heteroatoms. The molecule has 3 rings (SSSR count). The van der Waals surface area contributed by atoms with Gasteiger partial charge in [0.15, 0.2) is 0 Å². The molecular formula is C23H15B. The molecule has 24 heavy (non-hydrogen) atoms. The second kappa shape index (κ2) is 7.41. The molecular weight excluding hydrogens is 287 g/mol. The highest BCUT2D eigenvalue weighted by Gasteiger charge is 1.96. The first-order valence-electron chi connectivity index (χ1n) is 7.76. The van der Waals surface area contributed by atoms with Crippen LogP contribution in [0.25, 0.3) is 0 Å². The minimum Gasteiger partial charge on any atom is -0.0966 e. The van der Waals surface area contributed by atoms with Gasteiger partial charge in [0.05, 0.1) is 0 Å². The van der Waals surface area contributed by atoms with Crippen molar-refractivity contribution in [3.8, 4) is 23.7 Å². The van der Waals surface area contributed by atoms with Crippen molar-refractivity contribution in [1.82, 2.24) is 0 Å². The maximum absolute atomic E-state index is 5.68. The fourth-order valence-corrected chi connectivity index (χ4v) is 2.25. The number of aryl methyl sites for hydroxylation is 1. The van der Waals surface area contributed by atoms with E-state index in [9.17, 15) is 0 Å². The van der Waals surface area contributed by atoms with Crippen molar-refractivity contribution in [1.29, 1.82) is 0 Å². The summed E-state index contributed by atoms with van der Waals surface area (Å²) in [6.45, 7) is 2.06. The summed E-state index contributed by atoms with van der Waals surface area (Å²) in [6, 6.07) is 23.7. The Morgan fingerprint density at radius 3 is 1.92 bits per heavy atom. The lowest BCUT2D eigenvalue weighted by atomic mass is 9.95. The molecule has 0 saturated heterocycles. The van der Waals surface area contributed by atoms with Gasteiger partial charge in [0, 0.05) is 22.3 Å². The fraction of sp³-hybridized carbons (Fsp3) is 0.0435. The molecule has 3 aromatic carbocycles. The maximum atomic E-state index is 5.68. The van der Waals surface area contributed by atoms with Crippen molar-refractivity contribution in [2.45, 2.75) is 6.92 Å². The number of benzene rings is 3. The van der Waals surface area contributed by atoms with Crippen LogP contribution in [0.4, 0.5) is 0 Å². The normalized spacial score (nSPS) is 9.38. The standard InChI is InChI=1S/C23H15B/c1-18-17-21(8-7-19-5-3-2-4-6-19)10-14-22(18)13-9-20-11-15-23(24)16-12-20/h2-6,10-12,14-17H,1H3. The first-order valence-corrected chi connectivity index (χ1v) is 7.76. The summed E-state index contributed by atoms with van der Waals surface area (Å²) < 4.78 is 0. The Kier molecular flexibility index (Phi) is 4.85. The Morgan fingerprint density at radius 1 is 0.625 bits per heavy atom. The zero-order chi connectivity index (χ0) is 16.8. The van der Waals surface area contributed by atoms with Crippen molar-refractivity contribution in [3.63, 3.8) is 0 Å². The van der Waals surface area contributed by atoms with E-state index in [-0.39, 0.29) is 0 Å². The molecule has 0 atom stereocenters. The van der Waals surface area contributed by atoms with Gasteiger partial charge in [-0.1, -0.05) is 59.5 Å². The van der Waals surface area contributed by atoms with Gasteiger partial charge < -0.3 is 0 Å². The van der Waals surface area contributed by atoms with Crippen LogP contribution in [0.2, 0.25) is 0 Å². The third-order valence-corrected chi connectivity index (χ3v) is 3.60. The van der Waals surface area contributed by atoms with Crippen LogP contribution in [0.15, 0.2) is 72.8 Å². The molecule has 2 radical (unpaired) electrons. The lowest BCUT2D eigenvalue weighted by molar-refractivity contribution is 1.42. The first-order chi connectivity index (χ1) is 11.7. The summed E-state index contributed by atoms with van der Waals surface area (Å²) >= 11 is 0. The lowest BCUT2D eigenvalue weighted by Gasteiger charge is -1.99. The first kappa shape index (κ1) is 15.7. The third kappa shape index (κ3) is 4.19. The Balaban J connectivity index is 1.81. The summed E-state index contributed by atoms with van der Waals surface area (Å²) in [6.07, 6.45) is 0. The van der Waals surface area contributed by atoms with Gasteiger partial charge in [-0.2, -0.15) is 0 Å². The molecule has 0 unspecified atom stereocenters. The molecule has 0 aliphatic heterocycles. The summed E-state index contributed by atoms with van der Waals surface area (Å²) in [5.41, 5.74) is 5.85. The van der Waals surface area contributed by atoms with E-state index >= 15 is 0 Å². The van der Waals surface area contributed by atoms with Crippen molar-refractivity contribution in [3.05, 3.63) is 101 Å². The highest BCUT2D eigenvalue weighted by atomic mass is 14.0. The molecule has 0 saturated carbocycles. The molecule has 0 amide bonds. The summed E-state index contributed by atoms with van der Waals surface area (Å²) in [5, 5.41) is 0. The zero-order valence-corrected chi connectivity index (χ0v) is 13.5. The second-order valence-corrected chi connectivity index (χ2v) is 5.52. The van der Waals surface area contributed by atoms with Crippen LogP contribution in [0.5, 0.6) is 0 Å². The minimum atomic E-state index is 0.748. The molecule has 0 aliphatic rings. The Labute approximate surface area is 145 Å². The van der Waals surface area contributed by atoms with E-state index in [2.05, 4.69) is 36.7 Å². The van der Waals surface area contributed by atoms with Gasteiger partial charge in [-0.05, 0) is 55.0 Å². The maximum Gasteiger partial charge on any atom is 0.113 e. The zero-order valence-electron chi connectivity index (χ0n) is 13.5. The summed E-state index contributed by atoms with van der Waals surface area (Å²) in [7, 11) is 5.68. The molecule has 0 spiro atoms. The lowest BCUT2D eigenvalue weighted by Crippen LogP contribution is -1.99. The molecule has 0 aromatic heterocycles. The predicted molar refractivity (Wildman–Crippen MR) is 101 cm³/mol. The minimum absolute atomic E-state index is 0.748. The van der Waals surface area contributed by atoms with Crippen molar-refractivity contribution < 1.29 is 0 Å². The summed E-state index contributed by atoms with van der Waals surface area (Å²) in [4.78, 5) is 0. The van der Waals surface area contributed by atoms with Gasteiger partial charge in [-0.15, -0.1) is 0 Å². The number of hydrogen-bond acceptors (Lipinski definition) is 0. The number of hydrogen-bond donors (Lipinski definition) is 0. The van der Waals surface area contributed by atoms with Crippen molar-refractivity contribution in [2.75, 3.05) is 0 Å². The van der Waals surface area contributed by atoms with Crippen molar-refractivity contribution >= 4 is 13.3 Å². The second-order valence-electron chi connectivity index (χ2n) is 5.52. The third-order valence-electron chi connectivity index (χ3n) is 3.60. The van der Waals surface area contributed by atoms with E-state index in [0.717, 1.165) is 33.3 Å². The SMILES string of the molecule is [B]c1ccc(C#Cc2ccc(C#Cc3ccccc3)cc2C)cc1. The van der Waals surface area contributed by atoms with Crippen LogP contribution in [0.1, 0.15) is 27.8 Å². The Bertz CT molecular complexity index is 960. The molecule has 0 N–H and O–H groups in total. The van der Waals surface area contributed by atoms with Gasteiger partial charge in [-0.25, -0.2) is 0 Å². The average molecular weight is 302 g/mol. The number of rotatable bonds is 0. The van der Waals surface area contributed by atoms with E-state index < -0.39 is 0 Å². The van der Waals surface area contributed by atoms with E-state index in [0.29, 0.717) is 0 Å². The molecule has 110 valence electrons. The van der Waals surface area contributed by atoms with Gasteiger partial charge >= 0.3 is 0 Å². The molecule has 0 fully saturated rings. The van der Waals surface area contributed by atoms with Gasteiger partial charge in [-0.3, -0.25) is 0 Å². The predicted octanol–water partition coefficient (Wildman–Crippen LogP) is 3.59. The monoisotopic (exact) mass is 302 g/mol. The largest absolute Gasteiger partial charge is 0.113 e. The smallest absolute Gasteiger partial charge is 0.0966 e. The quantitative estimate of drug-likeness (QED) is 0.440. The van der Waals surface area contributed by atoms with E-state index in [1.54, 1.807) is 0 Å². The van der Waals surface area contributed by atoms with Crippen LogP contribution in [-0.2, 0) is 0 Å². The average Bonchev–Trinajstić information content (AvgIpc) is 2.61. The van der Waals surface area contributed by atoms with E-state index in [1.807, 2.05) is 66.7 Å². The van der Waals surface area contributed by atoms with Gasteiger partial charge in [0.2, 0.25) is 0 Å². The van der Waals surface area contributed by atoms with Crippen LogP contribution >= 0.6 is 0 Å². The topological polar surface area (TPSA) is 0 Å². The van der Waals surface area contributed by atoms with Crippen LogP contribution < -0.4 is 5.46 Å². The fourth-order valence-electron chi connectivity index (χ4n) is 2.25.